The van der Waals surface area contributed by atoms with Gasteiger partial charge >= 0.3 is 0 Å². The Bertz CT molecular complexity index is 589. The van der Waals surface area contributed by atoms with E-state index in [0.29, 0.717) is 37.3 Å². The van der Waals surface area contributed by atoms with Crippen molar-refractivity contribution in [2.24, 2.45) is 0 Å². The van der Waals surface area contributed by atoms with Crippen molar-refractivity contribution < 1.29 is 13.5 Å². The topological polar surface area (TPSA) is 75.4 Å². The monoisotopic (exact) mass is 317 g/mol. The molecule has 122 valence electrons. The van der Waals surface area contributed by atoms with Crippen molar-refractivity contribution in [1.82, 2.24) is 14.1 Å². The summed E-state index contributed by atoms with van der Waals surface area (Å²) in [4.78, 5) is 0.251. The standard InChI is InChI=1S/C14H27N3O3S/c1-7-14(18,8-2)10-17-12(5)13(11(4)15-17)21(19,20)16(6)9-3/h18H,7-10H2,1-6H3. The zero-order chi connectivity index (χ0) is 16.4. The van der Waals surface area contributed by atoms with Crippen LogP contribution in [0.15, 0.2) is 4.90 Å². The molecule has 1 N–H and O–H groups in total. The molecule has 0 spiro atoms. The summed E-state index contributed by atoms with van der Waals surface area (Å²) in [7, 11) is -1.97. The Morgan fingerprint density at radius 2 is 1.76 bits per heavy atom. The summed E-state index contributed by atoms with van der Waals surface area (Å²) in [5.74, 6) is 0. The van der Waals surface area contributed by atoms with Crippen LogP contribution in [0.1, 0.15) is 45.0 Å². The SMILES string of the molecule is CCN(C)S(=O)(=O)c1c(C)nn(CC(O)(CC)CC)c1C. The first kappa shape index (κ1) is 18.1. The lowest BCUT2D eigenvalue weighted by molar-refractivity contribution is 0.0112. The van der Waals surface area contributed by atoms with Gasteiger partial charge in [-0.15, -0.1) is 0 Å². The lowest BCUT2D eigenvalue weighted by Gasteiger charge is -2.25. The lowest BCUT2D eigenvalue weighted by atomic mass is 9.98. The average Bonchev–Trinajstić information content (AvgIpc) is 2.72. The molecule has 0 saturated heterocycles. The smallest absolute Gasteiger partial charge is 0.246 e. The maximum absolute atomic E-state index is 12.5. The van der Waals surface area contributed by atoms with E-state index in [9.17, 15) is 13.5 Å². The van der Waals surface area contributed by atoms with Gasteiger partial charge in [-0.2, -0.15) is 5.10 Å². The molecule has 21 heavy (non-hydrogen) atoms. The maximum Gasteiger partial charge on any atom is 0.246 e. The molecule has 1 heterocycles. The predicted molar refractivity (Wildman–Crippen MR) is 82.7 cm³/mol. The van der Waals surface area contributed by atoms with Crippen LogP contribution in [0.3, 0.4) is 0 Å². The van der Waals surface area contributed by atoms with E-state index in [-0.39, 0.29) is 4.90 Å². The van der Waals surface area contributed by atoms with E-state index in [1.165, 1.54) is 4.31 Å². The van der Waals surface area contributed by atoms with Gasteiger partial charge in [0.05, 0.1) is 23.5 Å². The number of aromatic nitrogens is 2. The van der Waals surface area contributed by atoms with Gasteiger partial charge in [-0.25, -0.2) is 12.7 Å². The number of sulfonamides is 1. The summed E-state index contributed by atoms with van der Waals surface area (Å²) < 4.78 is 28.0. The molecule has 1 rings (SSSR count). The van der Waals surface area contributed by atoms with Crippen LogP contribution in [-0.4, -0.2) is 46.8 Å². The van der Waals surface area contributed by atoms with Crippen LogP contribution in [0.4, 0.5) is 0 Å². The molecule has 1 aromatic rings. The number of hydrogen-bond donors (Lipinski definition) is 1. The largest absolute Gasteiger partial charge is 0.388 e. The van der Waals surface area contributed by atoms with Crippen molar-refractivity contribution in [2.45, 2.75) is 64.5 Å². The molecule has 0 aromatic carbocycles. The van der Waals surface area contributed by atoms with Crippen molar-refractivity contribution >= 4 is 10.0 Å². The van der Waals surface area contributed by atoms with Gasteiger partial charge in [0.15, 0.2) is 0 Å². The second-order valence-corrected chi connectivity index (χ2v) is 7.49. The quantitative estimate of drug-likeness (QED) is 0.830. The van der Waals surface area contributed by atoms with Crippen LogP contribution in [0, 0.1) is 13.8 Å². The zero-order valence-electron chi connectivity index (χ0n) is 13.8. The average molecular weight is 317 g/mol. The van der Waals surface area contributed by atoms with E-state index in [1.807, 2.05) is 13.8 Å². The molecule has 0 aliphatic rings. The fourth-order valence-corrected chi connectivity index (χ4v) is 3.83. The molecule has 0 unspecified atom stereocenters. The number of nitrogens with zero attached hydrogens (tertiary/aromatic N) is 3. The van der Waals surface area contributed by atoms with Crippen LogP contribution < -0.4 is 0 Å². The Labute approximate surface area is 127 Å². The van der Waals surface area contributed by atoms with Crippen molar-refractivity contribution in [3.63, 3.8) is 0 Å². The van der Waals surface area contributed by atoms with Crippen LogP contribution in [0.2, 0.25) is 0 Å². The Hall–Kier alpha value is -0.920. The van der Waals surface area contributed by atoms with Gasteiger partial charge in [0.1, 0.15) is 4.90 Å². The van der Waals surface area contributed by atoms with Crippen molar-refractivity contribution in [3.05, 3.63) is 11.4 Å². The van der Waals surface area contributed by atoms with Gasteiger partial charge in [0, 0.05) is 13.6 Å². The summed E-state index contributed by atoms with van der Waals surface area (Å²) in [6, 6.07) is 0. The normalized spacial score (nSPS) is 13.1. The first-order chi connectivity index (χ1) is 9.62. The van der Waals surface area contributed by atoms with Crippen LogP contribution in [0.5, 0.6) is 0 Å². The van der Waals surface area contributed by atoms with Crippen molar-refractivity contribution in [1.29, 1.82) is 0 Å². The predicted octanol–water partition coefficient (Wildman–Crippen LogP) is 1.69. The third-order valence-electron chi connectivity index (χ3n) is 4.19. The highest BCUT2D eigenvalue weighted by atomic mass is 32.2. The number of aliphatic hydroxyl groups is 1. The minimum atomic E-state index is -3.53. The Morgan fingerprint density at radius 1 is 1.24 bits per heavy atom. The molecule has 6 nitrogen and oxygen atoms in total. The molecule has 0 atom stereocenters. The highest BCUT2D eigenvalue weighted by molar-refractivity contribution is 7.89. The van der Waals surface area contributed by atoms with Crippen LogP contribution in [-0.2, 0) is 16.6 Å². The molecule has 7 heteroatoms. The summed E-state index contributed by atoms with van der Waals surface area (Å²) in [6.07, 6.45) is 1.19. The molecule has 0 aliphatic carbocycles. The van der Waals surface area contributed by atoms with Crippen LogP contribution in [0.25, 0.3) is 0 Å². The molecular weight excluding hydrogens is 290 g/mol. The molecule has 0 fully saturated rings. The Balaban J connectivity index is 3.30. The van der Waals surface area contributed by atoms with Gasteiger partial charge in [-0.1, -0.05) is 20.8 Å². The summed E-state index contributed by atoms with van der Waals surface area (Å²) in [6.45, 7) is 9.76. The third-order valence-corrected chi connectivity index (χ3v) is 6.37. The highest BCUT2D eigenvalue weighted by Crippen LogP contribution is 2.25. The van der Waals surface area contributed by atoms with E-state index in [2.05, 4.69) is 5.10 Å². The molecule has 0 aliphatic heterocycles. The molecule has 0 amide bonds. The number of hydrogen-bond acceptors (Lipinski definition) is 4. The van der Waals surface area contributed by atoms with Gasteiger partial charge < -0.3 is 5.11 Å². The number of rotatable bonds is 7. The van der Waals surface area contributed by atoms with Gasteiger partial charge in [-0.05, 0) is 26.7 Å². The molecular formula is C14H27N3O3S. The Morgan fingerprint density at radius 3 is 2.19 bits per heavy atom. The minimum Gasteiger partial charge on any atom is -0.388 e. The highest BCUT2D eigenvalue weighted by Gasteiger charge is 2.30. The van der Waals surface area contributed by atoms with E-state index >= 15 is 0 Å². The molecule has 1 aromatic heterocycles. The first-order valence-corrected chi connectivity index (χ1v) is 8.79. The fraction of sp³-hybridized carbons (Fsp3) is 0.786. The van der Waals surface area contributed by atoms with E-state index in [0.717, 1.165) is 0 Å². The zero-order valence-corrected chi connectivity index (χ0v) is 14.7. The van der Waals surface area contributed by atoms with Gasteiger partial charge in [0.2, 0.25) is 10.0 Å². The van der Waals surface area contributed by atoms with Crippen molar-refractivity contribution in [3.8, 4) is 0 Å². The second kappa shape index (κ2) is 6.46. The number of aryl methyl sites for hydroxylation is 1. The minimum absolute atomic E-state index is 0.251. The van der Waals surface area contributed by atoms with E-state index in [4.69, 9.17) is 0 Å². The van der Waals surface area contributed by atoms with Crippen LogP contribution >= 0.6 is 0 Å². The third kappa shape index (κ3) is 3.46. The van der Waals surface area contributed by atoms with Crippen molar-refractivity contribution in [2.75, 3.05) is 13.6 Å². The summed E-state index contributed by atoms with van der Waals surface area (Å²) >= 11 is 0. The molecule has 0 radical (unpaired) electrons. The maximum atomic E-state index is 12.5. The van der Waals surface area contributed by atoms with E-state index < -0.39 is 15.6 Å². The first-order valence-electron chi connectivity index (χ1n) is 7.35. The fourth-order valence-electron chi connectivity index (χ4n) is 2.29. The lowest BCUT2D eigenvalue weighted by Crippen LogP contribution is -2.33. The summed E-state index contributed by atoms with van der Waals surface area (Å²) in [5, 5.41) is 14.8. The summed E-state index contributed by atoms with van der Waals surface area (Å²) in [5.41, 5.74) is 0.191. The van der Waals surface area contributed by atoms with E-state index in [1.54, 1.807) is 32.5 Å². The molecule has 0 bridgehead atoms. The molecule has 0 saturated carbocycles. The Kier molecular flexibility index (Phi) is 5.57. The van der Waals surface area contributed by atoms with Gasteiger partial charge in [-0.3, -0.25) is 4.68 Å². The second-order valence-electron chi connectivity index (χ2n) is 5.51. The van der Waals surface area contributed by atoms with Gasteiger partial charge in [0.25, 0.3) is 0 Å².